The molecule has 0 aliphatic heterocycles. The van der Waals surface area contributed by atoms with Gasteiger partial charge in [0.25, 0.3) is 0 Å². The van der Waals surface area contributed by atoms with Crippen LogP contribution in [0.5, 0.6) is 0 Å². The number of pyridine rings is 1. The highest BCUT2D eigenvalue weighted by atomic mass is 16.4. The molecule has 0 saturated carbocycles. The van der Waals surface area contributed by atoms with E-state index in [2.05, 4.69) is 10.3 Å². The number of carboxylic acids is 1. The van der Waals surface area contributed by atoms with E-state index in [1.54, 1.807) is 12.4 Å². The van der Waals surface area contributed by atoms with Gasteiger partial charge in [0.15, 0.2) is 0 Å². The number of aromatic nitrogens is 1. The molecular formula is C11H16N2O2. The first-order chi connectivity index (χ1) is 7.22. The summed E-state index contributed by atoms with van der Waals surface area (Å²) in [7, 11) is 0. The van der Waals surface area contributed by atoms with Crippen molar-refractivity contribution in [1.29, 1.82) is 0 Å². The Kier molecular flexibility index (Phi) is 4.60. The maximum Gasteiger partial charge on any atom is 0.305 e. The number of hydrogen-bond donors (Lipinski definition) is 2. The van der Waals surface area contributed by atoms with Crippen LogP contribution in [0, 0.1) is 0 Å². The van der Waals surface area contributed by atoms with Crippen molar-refractivity contribution in [2.75, 3.05) is 5.32 Å². The van der Waals surface area contributed by atoms with Gasteiger partial charge in [0.2, 0.25) is 0 Å². The van der Waals surface area contributed by atoms with Crippen LogP contribution in [0.3, 0.4) is 0 Å². The van der Waals surface area contributed by atoms with Crippen LogP contribution in [0.4, 0.5) is 5.69 Å². The van der Waals surface area contributed by atoms with E-state index >= 15 is 0 Å². The number of nitrogens with zero attached hydrogens (tertiary/aromatic N) is 1. The third-order valence-corrected chi connectivity index (χ3v) is 2.11. The molecule has 1 aromatic rings. The minimum atomic E-state index is -0.769. The minimum absolute atomic E-state index is 0.00472. The highest BCUT2D eigenvalue weighted by Crippen LogP contribution is 2.11. The number of nitrogens with one attached hydrogen (secondary N) is 1. The van der Waals surface area contributed by atoms with Crippen molar-refractivity contribution in [1.82, 2.24) is 4.98 Å². The second kappa shape index (κ2) is 6.01. The summed E-state index contributed by atoms with van der Waals surface area (Å²) in [6, 6.07) is 3.67. The van der Waals surface area contributed by atoms with E-state index in [0.29, 0.717) is 0 Å². The molecular weight excluding hydrogens is 192 g/mol. The first-order valence-corrected chi connectivity index (χ1v) is 5.10. The maximum absolute atomic E-state index is 10.6. The van der Waals surface area contributed by atoms with Gasteiger partial charge in [-0.1, -0.05) is 13.3 Å². The quantitative estimate of drug-likeness (QED) is 0.751. The summed E-state index contributed by atoms with van der Waals surface area (Å²) in [6.45, 7) is 2.04. The maximum atomic E-state index is 10.6. The molecule has 1 rings (SSSR count). The van der Waals surface area contributed by atoms with Gasteiger partial charge in [-0.05, 0) is 18.6 Å². The van der Waals surface area contributed by atoms with Gasteiger partial charge in [-0.3, -0.25) is 9.78 Å². The lowest BCUT2D eigenvalue weighted by atomic mass is 10.1. The first-order valence-electron chi connectivity index (χ1n) is 5.10. The predicted octanol–water partition coefficient (Wildman–Crippen LogP) is 2.14. The Morgan fingerprint density at radius 2 is 2.20 bits per heavy atom. The van der Waals surface area contributed by atoms with E-state index in [9.17, 15) is 4.79 Å². The summed E-state index contributed by atoms with van der Waals surface area (Å²) in [6.07, 6.45) is 5.35. The molecule has 0 aliphatic carbocycles. The molecule has 0 fully saturated rings. The lowest BCUT2D eigenvalue weighted by Crippen LogP contribution is -2.22. The van der Waals surface area contributed by atoms with E-state index in [0.717, 1.165) is 18.5 Å². The molecule has 15 heavy (non-hydrogen) atoms. The third-order valence-electron chi connectivity index (χ3n) is 2.11. The van der Waals surface area contributed by atoms with E-state index in [-0.39, 0.29) is 12.5 Å². The number of aliphatic carboxylic acids is 1. The molecule has 2 N–H and O–H groups in total. The van der Waals surface area contributed by atoms with Crippen LogP contribution in [0.2, 0.25) is 0 Å². The SMILES string of the molecule is CCCC(CC(=O)O)Nc1ccncc1. The van der Waals surface area contributed by atoms with Gasteiger partial charge < -0.3 is 10.4 Å². The number of anilines is 1. The average Bonchev–Trinajstić information content (AvgIpc) is 2.18. The Bertz CT molecular complexity index is 301. The third kappa shape index (κ3) is 4.44. The molecule has 4 nitrogen and oxygen atoms in total. The standard InChI is InChI=1S/C11H16N2O2/c1-2-3-10(8-11(14)15)13-9-4-6-12-7-5-9/h4-7,10H,2-3,8H2,1H3,(H,12,13)(H,14,15). The average molecular weight is 208 g/mol. The van der Waals surface area contributed by atoms with Gasteiger partial charge in [0.05, 0.1) is 6.42 Å². The fraction of sp³-hybridized carbons (Fsp3) is 0.455. The number of carboxylic acid groups (broad SMARTS) is 1. The van der Waals surface area contributed by atoms with Gasteiger partial charge >= 0.3 is 5.97 Å². The zero-order valence-corrected chi connectivity index (χ0v) is 8.81. The fourth-order valence-electron chi connectivity index (χ4n) is 1.47. The van der Waals surface area contributed by atoms with E-state index in [1.807, 2.05) is 19.1 Å². The second-order valence-electron chi connectivity index (χ2n) is 3.46. The number of carbonyl (C=O) groups is 1. The molecule has 1 heterocycles. The number of hydrogen-bond acceptors (Lipinski definition) is 3. The zero-order valence-electron chi connectivity index (χ0n) is 8.81. The van der Waals surface area contributed by atoms with Crippen LogP contribution >= 0.6 is 0 Å². The van der Waals surface area contributed by atoms with Crippen LogP contribution < -0.4 is 5.32 Å². The summed E-state index contributed by atoms with van der Waals surface area (Å²) in [5, 5.41) is 11.9. The van der Waals surface area contributed by atoms with Crippen LogP contribution in [0.25, 0.3) is 0 Å². The van der Waals surface area contributed by atoms with Crippen molar-refractivity contribution in [3.8, 4) is 0 Å². The van der Waals surface area contributed by atoms with Crippen LogP contribution in [-0.2, 0) is 4.79 Å². The highest BCUT2D eigenvalue weighted by molar-refractivity contribution is 5.68. The molecule has 0 bridgehead atoms. The van der Waals surface area contributed by atoms with Gasteiger partial charge in [-0.2, -0.15) is 0 Å². The van der Waals surface area contributed by atoms with Crippen molar-refractivity contribution in [3.05, 3.63) is 24.5 Å². The second-order valence-corrected chi connectivity index (χ2v) is 3.46. The van der Waals surface area contributed by atoms with E-state index < -0.39 is 5.97 Å². The molecule has 1 atom stereocenters. The van der Waals surface area contributed by atoms with Crippen molar-refractivity contribution in [3.63, 3.8) is 0 Å². The molecule has 0 radical (unpaired) electrons. The van der Waals surface area contributed by atoms with Crippen molar-refractivity contribution >= 4 is 11.7 Å². The predicted molar refractivity (Wildman–Crippen MR) is 58.8 cm³/mol. The monoisotopic (exact) mass is 208 g/mol. The summed E-state index contributed by atoms with van der Waals surface area (Å²) >= 11 is 0. The van der Waals surface area contributed by atoms with Crippen LogP contribution in [-0.4, -0.2) is 22.1 Å². The Hall–Kier alpha value is -1.58. The van der Waals surface area contributed by atoms with Gasteiger partial charge in [-0.25, -0.2) is 0 Å². The Morgan fingerprint density at radius 1 is 1.53 bits per heavy atom. The fourth-order valence-corrected chi connectivity index (χ4v) is 1.47. The van der Waals surface area contributed by atoms with E-state index in [4.69, 9.17) is 5.11 Å². The van der Waals surface area contributed by atoms with Crippen molar-refractivity contribution in [2.24, 2.45) is 0 Å². The molecule has 82 valence electrons. The molecule has 0 aliphatic rings. The lowest BCUT2D eigenvalue weighted by molar-refractivity contribution is -0.137. The largest absolute Gasteiger partial charge is 0.481 e. The van der Waals surface area contributed by atoms with Crippen molar-refractivity contribution in [2.45, 2.75) is 32.2 Å². The molecule has 0 saturated heterocycles. The summed E-state index contributed by atoms with van der Waals surface area (Å²) in [5.41, 5.74) is 0.921. The summed E-state index contributed by atoms with van der Waals surface area (Å²) in [4.78, 5) is 14.5. The summed E-state index contributed by atoms with van der Waals surface area (Å²) in [5.74, 6) is -0.769. The molecule has 0 aromatic carbocycles. The van der Waals surface area contributed by atoms with E-state index in [1.165, 1.54) is 0 Å². The van der Waals surface area contributed by atoms with Gasteiger partial charge in [0, 0.05) is 24.1 Å². The summed E-state index contributed by atoms with van der Waals surface area (Å²) < 4.78 is 0. The Morgan fingerprint density at radius 3 is 2.73 bits per heavy atom. The number of rotatable bonds is 6. The minimum Gasteiger partial charge on any atom is -0.481 e. The molecule has 4 heteroatoms. The van der Waals surface area contributed by atoms with Crippen molar-refractivity contribution < 1.29 is 9.90 Å². The van der Waals surface area contributed by atoms with Crippen LogP contribution in [0.1, 0.15) is 26.2 Å². The topological polar surface area (TPSA) is 62.2 Å². The van der Waals surface area contributed by atoms with Gasteiger partial charge in [-0.15, -0.1) is 0 Å². The first kappa shape index (κ1) is 11.5. The molecule has 1 aromatic heterocycles. The van der Waals surface area contributed by atoms with Crippen LogP contribution in [0.15, 0.2) is 24.5 Å². The molecule has 1 unspecified atom stereocenters. The molecule has 0 spiro atoms. The van der Waals surface area contributed by atoms with Gasteiger partial charge in [0.1, 0.15) is 0 Å². The Labute approximate surface area is 89.3 Å². The smallest absolute Gasteiger partial charge is 0.305 e. The lowest BCUT2D eigenvalue weighted by Gasteiger charge is -2.16. The molecule has 0 amide bonds. The Balaban J connectivity index is 2.54. The zero-order chi connectivity index (χ0) is 11.1. The highest BCUT2D eigenvalue weighted by Gasteiger charge is 2.11. The normalized spacial score (nSPS) is 12.1.